The van der Waals surface area contributed by atoms with E-state index in [2.05, 4.69) is 5.32 Å². The predicted molar refractivity (Wildman–Crippen MR) is 88.6 cm³/mol. The first-order valence-corrected chi connectivity index (χ1v) is 6.95. The SMILES string of the molecule is COc1ccccc1/C=C(/C#N)C(=O)Nc1ccccc1C(=O)O. The smallest absolute Gasteiger partial charge is 0.337 e. The third-order valence-corrected chi connectivity index (χ3v) is 3.21. The molecule has 0 heterocycles. The molecule has 0 saturated heterocycles. The number of hydrogen-bond donors (Lipinski definition) is 2. The van der Waals surface area contributed by atoms with Gasteiger partial charge in [0.2, 0.25) is 0 Å². The van der Waals surface area contributed by atoms with E-state index >= 15 is 0 Å². The van der Waals surface area contributed by atoms with E-state index in [1.807, 2.05) is 6.07 Å². The van der Waals surface area contributed by atoms with Gasteiger partial charge in [-0.25, -0.2) is 4.79 Å². The number of carboxylic acid groups (broad SMARTS) is 1. The summed E-state index contributed by atoms with van der Waals surface area (Å²) in [5.41, 5.74) is 0.467. The average Bonchev–Trinajstić information content (AvgIpc) is 2.60. The number of carbonyl (C=O) groups is 2. The Balaban J connectivity index is 2.32. The molecule has 0 radical (unpaired) electrons. The molecular weight excluding hydrogens is 308 g/mol. The van der Waals surface area contributed by atoms with E-state index in [-0.39, 0.29) is 16.8 Å². The van der Waals surface area contributed by atoms with Gasteiger partial charge in [-0.05, 0) is 24.3 Å². The Bertz CT molecular complexity index is 850. The van der Waals surface area contributed by atoms with Crippen molar-refractivity contribution >= 4 is 23.6 Å². The molecule has 0 aliphatic rings. The minimum absolute atomic E-state index is 0.0552. The third kappa shape index (κ3) is 3.78. The van der Waals surface area contributed by atoms with Gasteiger partial charge in [0.15, 0.2) is 0 Å². The number of benzene rings is 2. The van der Waals surface area contributed by atoms with Gasteiger partial charge in [0.1, 0.15) is 17.4 Å². The number of rotatable bonds is 5. The number of nitriles is 1. The van der Waals surface area contributed by atoms with E-state index in [9.17, 15) is 14.9 Å². The van der Waals surface area contributed by atoms with Crippen LogP contribution < -0.4 is 10.1 Å². The van der Waals surface area contributed by atoms with E-state index in [1.165, 1.54) is 25.3 Å². The molecule has 2 N–H and O–H groups in total. The molecule has 120 valence electrons. The molecule has 0 aromatic heterocycles. The van der Waals surface area contributed by atoms with Gasteiger partial charge >= 0.3 is 5.97 Å². The van der Waals surface area contributed by atoms with Crippen molar-refractivity contribution in [3.8, 4) is 11.8 Å². The number of ether oxygens (including phenoxy) is 1. The molecule has 0 bridgehead atoms. The minimum Gasteiger partial charge on any atom is -0.496 e. The fourth-order valence-corrected chi connectivity index (χ4v) is 2.06. The Morgan fingerprint density at radius 1 is 1.17 bits per heavy atom. The maximum atomic E-state index is 12.3. The zero-order valence-corrected chi connectivity index (χ0v) is 12.8. The first kappa shape index (κ1) is 16.8. The summed E-state index contributed by atoms with van der Waals surface area (Å²) in [5, 5.41) is 20.8. The number of nitrogens with one attached hydrogen (secondary N) is 1. The molecule has 0 atom stereocenters. The largest absolute Gasteiger partial charge is 0.496 e. The van der Waals surface area contributed by atoms with Crippen molar-refractivity contribution in [2.75, 3.05) is 12.4 Å². The molecule has 0 aliphatic heterocycles. The van der Waals surface area contributed by atoms with Gasteiger partial charge in [0, 0.05) is 5.56 Å². The van der Waals surface area contributed by atoms with E-state index in [0.717, 1.165) is 0 Å². The number of anilines is 1. The molecule has 0 saturated carbocycles. The number of hydrogen-bond acceptors (Lipinski definition) is 4. The Morgan fingerprint density at radius 2 is 1.83 bits per heavy atom. The van der Waals surface area contributed by atoms with Crippen molar-refractivity contribution in [2.45, 2.75) is 0 Å². The van der Waals surface area contributed by atoms with Crippen LogP contribution in [-0.4, -0.2) is 24.1 Å². The lowest BCUT2D eigenvalue weighted by Gasteiger charge is -2.08. The van der Waals surface area contributed by atoms with Gasteiger partial charge < -0.3 is 15.2 Å². The molecule has 0 aliphatic carbocycles. The van der Waals surface area contributed by atoms with Crippen LogP contribution in [0.2, 0.25) is 0 Å². The van der Waals surface area contributed by atoms with Gasteiger partial charge in [-0.15, -0.1) is 0 Å². The number of methoxy groups -OCH3 is 1. The minimum atomic E-state index is -1.17. The van der Waals surface area contributed by atoms with E-state index < -0.39 is 11.9 Å². The third-order valence-electron chi connectivity index (χ3n) is 3.21. The van der Waals surface area contributed by atoms with Crippen molar-refractivity contribution in [3.05, 3.63) is 65.2 Å². The van der Waals surface area contributed by atoms with Crippen molar-refractivity contribution in [1.29, 1.82) is 5.26 Å². The number of carbonyl (C=O) groups excluding carboxylic acids is 1. The van der Waals surface area contributed by atoms with Crippen LogP contribution in [0.3, 0.4) is 0 Å². The van der Waals surface area contributed by atoms with Crippen molar-refractivity contribution in [1.82, 2.24) is 0 Å². The zero-order chi connectivity index (χ0) is 17.5. The van der Waals surface area contributed by atoms with Crippen LogP contribution in [0.4, 0.5) is 5.69 Å². The Hall–Kier alpha value is -3.59. The highest BCUT2D eigenvalue weighted by Crippen LogP contribution is 2.21. The summed E-state index contributed by atoms with van der Waals surface area (Å²) in [6.45, 7) is 0. The summed E-state index contributed by atoms with van der Waals surface area (Å²) in [6, 6.07) is 14.7. The molecule has 6 heteroatoms. The van der Waals surface area contributed by atoms with Crippen LogP contribution in [0.1, 0.15) is 15.9 Å². The van der Waals surface area contributed by atoms with Gasteiger partial charge in [0.25, 0.3) is 5.91 Å². The molecule has 0 spiro atoms. The van der Waals surface area contributed by atoms with Gasteiger partial charge in [-0.2, -0.15) is 5.26 Å². The van der Waals surface area contributed by atoms with Gasteiger partial charge in [-0.3, -0.25) is 4.79 Å². The molecule has 2 rings (SSSR count). The zero-order valence-electron chi connectivity index (χ0n) is 12.8. The topological polar surface area (TPSA) is 99.4 Å². The number of carboxylic acids is 1. The molecule has 2 aromatic carbocycles. The van der Waals surface area contributed by atoms with Crippen LogP contribution in [0, 0.1) is 11.3 Å². The summed E-state index contributed by atoms with van der Waals surface area (Å²) < 4.78 is 5.18. The van der Waals surface area contributed by atoms with E-state index in [0.29, 0.717) is 11.3 Å². The second kappa shape index (κ2) is 7.61. The highest BCUT2D eigenvalue weighted by molar-refractivity contribution is 6.11. The lowest BCUT2D eigenvalue weighted by molar-refractivity contribution is -0.112. The van der Waals surface area contributed by atoms with Crippen LogP contribution in [0.15, 0.2) is 54.1 Å². The molecule has 0 unspecified atom stereocenters. The molecule has 24 heavy (non-hydrogen) atoms. The van der Waals surface area contributed by atoms with Crippen LogP contribution in [0.25, 0.3) is 6.08 Å². The molecule has 6 nitrogen and oxygen atoms in total. The van der Waals surface area contributed by atoms with E-state index in [1.54, 1.807) is 36.4 Å². The number of amides is 1. The Kier molecular flexibility index (Phi) is 5.32. The average molecular weight is 322 g/mol. The normalized spacial score (nSPS) is 10.6. The fraction of sp³-hybridized carbons (Fsp3) is 0.0556. The highest BCUT2D eigenvalue weighted by Gasteiger charge is 2.15. The predicted octanol–water partition coefficient (Wildman–Crippen LogP) is 2.94. The molecule has 1 amide bonds. The molecule has 2 aromatic rings. The molecular formula is C18H14N2O4. The first-order chi connectivity index (χ1) is 11.6. The summed E-state index contributed by atoms with van der Waals surface area (Å²) in [7, 11) is 1.49. The number of para-hydroxylation sites is 2. The van der Waals surface area contributed by atoms with Crippen molar-refractivity contribution in [2.24, 2.45) is 0 Å². The summed E-state index contributed by atoms with van der Waals surface area (Å²) in [4.78, 5) is 23.5. The van der Waals surface area contributed by atoms with Gasteiger partial charge in [0.05, 0.1) is 18.4 Å². The quantitative estimate of drug-likeness (QED) is 0.651. The second-order valence-corrected chi connectivity index (χ2v) is 4.72. The Morgan fingerprint density at radius 3 is 2.50 bits per heavy atom. The number of nitrogens with zero attached hydrogens (tertiary/aromatic N) is 1. The summed E-state index contributed by atoms with van der Waals surface area (Å²) >= 11 is 0. The van der Waals surface area contributed by atoms with Crippen LogP contribution >= 0.6 is 0 Å². The number of aromatic carboxylic acids is 1. The highest BCUT2D eigenvalue weighted by atomic mass is 16.5. The second-order valence-electron chi connectivity index (χ2n) is 4.72. The maximum absolute atomic E-state index is 12.3. The molecule has 0 fully saturated rings. The summed E-state index contributed by atoms with van der Waals surface area (Å²) in [5.74, 6) is -1.35. The fourth-order valence-electron chi connectivity index (χ4n) is 2.06. The van der Waals surface area contributed by atoms with Crippen molar-refractivity contribution in [3.63, 3.8) is 0 Å². The van der Waals surface area contributed by atoms with Crippen LogP contribution in [-0.2, 0) is 4.79 Å². The van der Waals surface area contributed by atoms with Crippen molar-refractivity contribution < 1.29 is 19.4 Å². The lowest BCUT2D eigenvalue weighted by Crippen LogP contribution is -2.16. The summed E-state index contributed by atoms with van der Waals surface area (Å²) in [6.07, 6.45) is 1.39. The van der Waals surface area contributed by atoms with Gasteiger partial charge in [-0.1, -0.05) is 30.3 Å². The first-order valence-electron chi connectivity index (χ1n) is 6.95. The maximum Gasteiger partial charge on any atom is 0.337 e. The lowest BCUT2D eigenvalue weighted by atomic mass is 10.1. The monoisotopic (exact) mass is 322 g/mol. The Labute approximate surface area is 138 Å². The van der Waals surface area contributed by atoms with E-state index in [4.69, 9.17) is 9.84 Å². The standard InChI is InChI=1S/C18H14N2O4/c1-24-16-9-5-2-6-12(16)10-13(11-19)17(21)20-15-8-4-3-7-14(15)18(22)23/h2-10H,1H3,(H,20,21)(H,22,23)/b13-10-. The van der Waals surface area contributed by atoms with Crippen LogP contribution in [0.5, 0.6) is 5.75 Å².